The van der Waals surface area contributed by atoms with Crippen molar-refractivity contribution in [1.82, 2.24) is 10.3 Å². The van der Waals surface area contributed by atoms with Crippen molar-refractivity contribution >= 4 is 11.7 Å². The number of rotatable bonds is 5. The molecule has 6 nitrogen and oxygen atoms in total. The molecule has 1 aromatic carbocycles. The number of pyridine rings is 1. The number of nitrogens with one attached hydrogen (secondary N) is 2. The molecule has 1 aliphatic carbocycles. The maximum Gasteiger partial charge on any atom is 0.319 e. The molecule has 1 saturated carbocycles. The number of aromatic nitrogens is 1. The second kappa shape index (κ2) is 6.56. The summed E-state index contributed by atoms with van der Waals surface area (Å²) in [4.78, 5) is 15.9. The second-order valence-corrected chi connectivity index (χ2v) is 5.51. The van der Waals surface area contributed by atoms with Gasteiger partial charge in [-0.1, -0.05) is 6.07 Å². The zero-order chi connectivity index (χ0) is 16.2. The Hall–Kier alpha value is -2.76. The summed E-state index contributed by atoms with van der Waals surface area (Å²) in [6.07, 6.45) is 3.66. The largest absolute Gasteiger partial charge is 0.493 e. The molecule has 2 amide bonds. The summed E-state index contributed by atoms with van der Waals surface area (Å²) in [7, 11) is 1.60. The molecule has 2 aromatic rings. The summed E-state index contributed by atoms with van der Waals surface area (Å²) >= 11 is 0. The van der Waals surface area contributed by atoms with Gasteiger partial charge in [0.25, 0.3) is 0 Å². The van der Waals surface area contributed by atoms with Crippen LogP contribution in [-0.4, -0.2) is 24.2 Å². The van der Waals surface area contributed by atoms with Gasteiger partial charge in [0.05, 0.1) is 19.0 Å². The van der Waals surface area contributed by atoms with E-state index in [9.17, 15) is 4.79 Å². The first kappa shape index (κ1) is 15.1. The number of anilines is 1. The minimum atomic E-state index is -0.205. The molecule has 120 valence electrons. The predicted molar refractivity (Wildman–Crippen MR) is 87.2 cm³/mol. The molecular weight excluding hydrogens is 294 g/mol. The number of benzene rings is 1. The minimum absolute atomic E-state index is 0.205. The van der Waals surface area contributed by atoms with E-state index in [4.69, 9.17) is 9.47 Å². The lowest BCUT2D eigenvalue weighted by Gasteiger charge is -2.11. The van der Waals surface area contributed by atoms with Crippen molar-refractivity contribution in [2.45, 2.75) is 25.8 Å². The second-order valence-electron chi connectivity index (χ2n) is 5.51. The van der Waals surface area contributed by atoms with Crippen LogP contribution in [0.1, 0.15) is 18.4 Å². The Morgan fingerprint density at radius 2 is 2.04 bits per heavy atom. The molecule has 0 atom stereocenters. The fourth-order valence-corrected chi connectivity index (χ4v) is 2.07. The number of hydrogen-bond donors (Lipinski definition) is 2. The Morgan fingerprint density at radius 3 is 2.70 bits per heavy atom. The monoisotopic (exact) mass is 313 g/mol. The van der Waals surface area contributed by atoms with E-state index in [1.807, 2.05) is 25.1 Å². The molecule has 0 aliphatic heterocycles. The number of ether oxygens (including phenoxy) is 2. The number of nitrogens with zero attached hydrogens (tertiary/aromatic N) is 1. The van der Waals surface area contributed by atoms with Gasteiger partial charge in [0.15, 0.2) is 11.5 Å². The van der Waals surface area contributed by atoms with Crippen LogP contribution in [0.3, 0.4) is 0 Å². The molecule has 0 unspecified atom stereocenters. The van der Waals surface area contributed by atoms with Crippen molar-refractivity contribution in [1.29, 1.82) is 0 Å². The number of methoxy groups -OCH3 is 1. The van der Waals surface area contributed by atoms with Gasteiger partial charge in [-0.2, -0.15) is 0 Å². The van der Waals surface area contributed by atoms with E-state index in [1.165, 1.54) is 0 Å². The van der Waals surface area contributed by atoms with Crippen LogP contribution >= 0.6 is 0 Å². The molecule has 1 fully saturated rings. The Morgan fingerprint density at radius 1 is 1.22 bits per heavy atom. The van der Waals surface area contributed by atoms with Gasteiger partial charge in [-0.15, -0.1) is 0 Å². The van der Waals surface area contributed by atoms with Crippen LogP contribution in [0.5, 0.6) is 17.4 Å². The lowest BCUT2D eigenvalue weighted by atomic mass is 10.2. The average Bonchev–Trinajstić information content (AvgIpc) is 3.34. The summed E-state index contributed by atoms with van der Waals surface area (Å²) in [6, 6.07) is 9.23. The standard InChI is InChI=1S/C17H19N3O3/c1-11-3-7-14(15(9-11)22-2)23-16-8-6-13(10-18-16)20-17(21)19-12-4-5-12/h3,6-10,12H,4-5H2,1-2H3,(H2,19,20,21). The molecule has 2 N–H and O–H groups in total. The molecule has 1 aliphatic rings. The molecule has 0 spiro atoms. The fraction of sp³-hybridized carbons (Fsp3) is 0.294. The third-order valence-electron chi connectivity index (χ3n) is 3.44. The van der Waals surface area contributed by atoms with Gasteiger partial charge in [-0.05, 0) is 43.5 Å². The zero-order valence-corrected chi connectivity index (χ0v) is 13.1. The van der Waals surface area contributed by atoms with E-state index in [-0.39, 0.29) is 6.03 Å². The molecule has 6 heteroatoms. The summed E-state index contributed by atoms with van der Waals surface area (Å²) < 4.78 is 11.0. The van der Waals surface area contributed by atoms with Crippen LogP contribution < -0.4 is 20.1 Å². The Kier molecular flexibility index (Phi) is 4.32. The highest BCUT2D eigenvalue weighted by atomic mass is 16.5. The van der Waals surface area contributed by atoms with E-state index in [1.54, 1.807) is 25.4 Å². The third-order valence-corrected chi connectivity index (χ3v) is 3.44. The highest BCUT2D eigenvalue weighted by Gasteiger charge is 2.23. The van der Waals surface area contributed by atoms with Gasteiger partial charge >= 0.3 is 6.03 Å². The maximum absolute atomic E-state index is 11.7. The van der Waals surface area contributed by atoms with Gasteiger partial charge in [0, 0.05) is 12.1 Å². The summed E-state index contributed by atoms with van der Waals surface area (Å²) in [6.45, 7) is 1.98. The smallest absolute Gasteiger partial charge is 0.319 e. The SMILES string of the molecule is COc1cc(C)ccc1Oc1ccc(NC(=O)NC2CC2)cn1. The first-order valence-corrected chi connectivity index (χ1v) is 7.50. The number of hydrogen-bond acceptors (Lipinski definition) is 4. The zero-order valence-electron chi connectivity index (χ0n) is 13.1. The van der Waals surface area contributed by atoms with Crippen LogP contribution in [0.2, 0.25) is 0 Å². The normalized spacial score (nSPS) is 13.3. The third kappa shape index (κ3) is 4.12. The first-order valence-electron chi connectivity index (χ1n) is 7.50. The van der Waals surface area contributed by atoms with Gasteiger partial charge in [0.1, 0.15) is 0 Å². The van der Waals surface area contributed by atoms with Gasteiger partial charge in [0.2, 0.25) is 5.88 Å². The molecule has 23 heavy (non-hydrogen) atoms. The van der Waals surface area contributed by atoms with E-state index in [0.717, 1.165) is 18.4 Å². The average molecular weight is 313 g/mol. The van der Waals surface area contributed by atoms with Crippen molar-refractivity contribution in [3.63, 3.8) is 0 Å². The number of carbonyl (C=O) groups excluding carboxylic acids is 1. The summed E-state index contributed by atoms with van der Waals surface area (Å²) in [5.74, 6) is 1.68. The van der Waals surface area contributed by atoms with Crippen LogP contribution in [-0.2, 0) is 0 Å². The Labute approximate surface area is 134 Å². The van der Waals surface area contributed by atoms with Crippen molar-refractivity contribution in [3.8, 4) is 17.4 Å². The van der Waals surface area contributed by atoms with E-state index in [2.05, 4.69) is 15.6 Å². The van der Waals surface area contributed by atoms with Gasteiger partial charge in [-0.25, -0.2) is 9.78 Å². The van der Waals surface area contributed by atoms with Crippen molar-refractivity contribution in [3.05, 3.63) is 42.1 Å². The van der Waals surface area contributed by atoms with Crippen LogP contribution in [0.15, 0.2) is 36.5 Å². The number of carbonyl (C=O) groups is 1. The highest BCUT2D eigenvalue weighted by molar-refractivity contribution is 5.89. The molecule has 0 bridgehead atoms. The predicted octanol–water partition coefficient (Wildman–Crippen LogP) is 3.47. The van der Waals surface area contributed by atoms with Crippen molar-refractivity contribution < 1.29 is 14.3 Å². The summed E-state index contributed by atoms with van der Waals surface area (Å²) in [5.41, 5.74) is 1.70. The lowest BCUT2D eigenvalue weighted by Crippen LogP contribution is -2.30. The molecule has 1 aromatic heterocycles. The molecule has 0 radical (unpaired) electrons. The minimum Gasteiger partial charge on any atom is -0.493 e. The topological polar surface area (TPSA) is 72.5 Å². The fourth-order valence-electron chi connectivity index (χ4n) is 2.07. The van der Waals surface area contributed by atoms with Gasteiger partial charge in [-0.3, -0.25) is 0 Å². The number of amides is 2. The lowest BCUT2D eigenvalue weighted by molar-refractivity contribution is 0.251. The maximum atomic E-state index is 11.7. The first-order chi connectivity index (χ1) is 11.1. The highest BCUT2D eigenvalue weighted by Crippen LogP contribution is 2.31. The van der Waals surface area contributed by atoms with Crippen LogP contribution in [0.4, 0.5) is 10.5 Å². The molecule has 1 heterocycles. The molecular formula is C17H19N3O3. The van der Waals surface area contributed by atoms with Crippen molar-refractivity contribution in [2.24, 2.45) is 0 Å². The van der Waals surface area contributed by atoms with Crippen LogP contribution in [0, 0.1) is 6.92 Å². The molecule has 0 saturated heterocycles. The van der Waals surface area contributed by atoms with Gasteiger partial charge < -0.3 is 20.1 Å². The number of urea groups is 1. The molecule has 3 rings (SSSR count). The Bertz CT molecular complexity index is 697. The Balaban J connectivity index is 1.64. The van der Waals surface area contributed by atoms with Crippen molar-refractivity contribution in [2.75, 3.05) is 12.4 Å². The van der Waals surface area contributed by atoms with E-state index in [0.29, 0.717) is 29.1 Å². The van der Waals surface area contributed by atoms with E-state index >= 15 is 0 Å². The quantitative estimate of drug-likeness (QED) is 0.886. The van der Waals surface area contributed by atoms with E-state index < -0.39 is 0 Å². The number of aryl methyl sites for hydroxylation is 1. The van der Waals surface area contributed by atoms with Crippen LogP contribution in [0.25, 0.3) is 0 Å². The summed E-state index contributed by atoms with van der Waals surface area (Å²) in [5, 5.41) is 5.59.